The maximum Gasteiger partial charge on any atom is 0.325 e. The Morgan fingerprint density at radius 3 is 2.72 bits per heavy atom. The molecule has 2 aliphatic rings. The Morgan fingerprint density at radius 1 is 1.28 bits per heavy atom. The van der Waals surface area contributed by atoms with Crippen LogP contribution in [0.15, 0.2) is 30.6 Å². The molecule has 0 aliphatic carbocycles. The van der Waals surface area contributed by atoms with E-state index in [0.29, 0.717) is 11.6 Å². The summed E-state index contributed by atoms with van der Waals surface area (Å²) in [5, 5.41) is 13.5. The number of aryl methyl sites for hydroxylation is 1. The van der Waals surface area contributed by atoms with Gasteiger partial charge < -0.3 is 15.2 Å². The summed E-state index contributed by atoms with van der Waals surface area (Å²) in [6, 6.07) is 7.35. The molecule has 29 heavy (non-hydrogen) atoms. The summed E-state index contributed by atoms with van der Waals surface area (Å²) in [6.45, 7) is 4.20. The van der Waals surface area contributed by atoms with Crippen LogP contribution in [0.4, 0.5) is 10.5 Å². The number of nitrogens with zero attached hydrogens (tertiary/aromatic N) is 4. The normalized spacial score (nSPS) is 20.3. The van der Waals surface area contributed by atoms with E-state index >= 15 is 0 Å². The van der Waals surface area contributed by atoms with Crippen LogP contribution in [0.2, 0.25) is 0 Å². The molecule has 0 bridgehead atoms. The second-order valence-electron chi connectivity index (χ2n) is 8.07. The minimum Gasteiger partial charge on any atom is -0.326 e. The van der Waals surface area contributed by atoms with Crippen molar-refractivity contribution in [2.45, 2.75) is 51.1 Å². The molecule has 9 nitrogen and oxygen atoms in total. The van der Waals surface area contributed by atoms with Crippen LogP contribution >= 0.6 is 0 Å². The van der Waals surface area contributed by atoms with Gasteiger partial charge in [0, 0.05) is 37.5 Å². The number of amides is 4. The van der Waals surface area contributed by atoms with Gasteiger partial charge in [0.05, 0.1) is 0 Å². The first-order chi connectivity index (χ1) is 13.8. The van der Waals surface area contributed by atoms with E-state index in [1.54, 1.807) is 20.2 Å². The third-order valence-electron chi connectivity index (χ3n) is 5.50. The third kappa shape index (κ3) is 3.85. The van der Waals surface area contributed by atoms with Gasteiger partial charge in [-0.15, -0.1) is 10.2 Å². The van der Waals surface area contributed by atoms with Crippen molar-refractivity contribution in [3.8, 4) is 0 Å². The zero-order valence-electron chi connectivity index (χ0n) is 16.5. The van der Waals surface area contributed by atoms with Gasteiger partial charge in [-0.05, 0) is 38.0 Å². The van der Waals surface area contributed by atoms with Gasteiger partial charge >= 0.3 is 6.03 Å². The molecule has 1 fully saturated rings. The van der Waals surface area contributed by atoms with E-state index in [1.807, 2.05) is 24.3 Å². The minimum atomic E-state index is -0.921. The first kappa shape index (κ1) is 19.1. The van der Waals surface area contributed by atoms with Crippen LogP contribution in [0, 0.1) is 0 Å². The summed E-state index contributed by atoms with van der Waals surface area (Å²) in [6.07, 6.45) is 3.74. The first-order valence-corrected chi connectivity index (χ1v) is 9.74. The van der Waals surface area contributed by atoms with Crippen LogP contribution in [0.5, 0.6) is 0 Å². The number of fused-ring (bicyclic) bond motifs is 1. The summed E-state index contributed by atoms with van der Waals surface area (Å²) in [4.78, 5) is 37.4. The molecule has 2 aliphatic heterocycles. The van der Waals surface area contributed by atoms with Crippen molar-refractivity contribution in [3.63, 3.8) is 0 Å². The molecule has 9 heteroatoms. The molecule has 0 radical (unpaired) electrons. The second-order valence-corrected chi connectivity index (χ2v) is 8.07. The number of imide groups is 1. The van der Waals surface area contributed by atoms with Crippen molar-refractivity contribution in [1.29, 1.82) is 0 Å². The molecule has 1 saturated heterocycles. The van der Waals surface area contributed by atoms with Crippen molar-refractivity contribution in [1.82, 2.24) is 25.0 Å². The van der Waals surface area contributed by atoms with Gasteiger partial charge in [0.1, 0.15) is 17.7 Å². The Bertz CT molecular complexity index is 949. The predicted molar refractivity (Wildman–Crippen MR) is 105 cm³/mol. The van der Waals surface area contributed by atoms with Crippen molar-refractivity contribution < 1.29 is 14.4 Å². The largest absolute Gasteiger partial charge is 0.326 e. The zero-order chi connectivity index (χ0) is 20.6. The smallest absolute Gasteiger partial charge is 0.325 e. The molecule has 3 heterocycles. The molecule has 1 atom stereocenters. The van der Waals surface area contributed by atoms with Gasteiger partial charge in [0.2, 0.25) is 5.91 Å². The molecular weight excluding hydrogens is 372 g/mol. The van der Waals surface area contributed by atoms with Crippen LogP contribution in [0.25, 0.3) is 0 Å². The topological polar surface area (TPSA) is 109 Å². The Morgan fingerprint density at radius 2 is 2.03 bits per heavy atom. The van der Waals surface area contributed by atoms with Crippen LogP contribution in [0.1, 0.15) is 44.0 Å². The molecule has 0 saturated carbocycles. The average molecular weight is 396 g/mol. The molecule has 2 N–H and O–H groups in total. The highest BCUT2D eigenvalue weighted by molar-refractivity contribution is 6.06. The summed E-state index contributed by atoms with van der Waals surface area (Å²) >= 11 is 0. The fourth-order valence-electron chi connectivity index (χ4n) is 3.83. The summed E-state index contributed by atoms with van der Waals surface area (Å²) < 4.78 is 2.08. The highest BCUT2D eigenvalue weighted by Gasteiger charge is 2.43. The number of urea groups is 1. The number of benzene rings is 1. The number of aromatic nitrogens is 3. The van der Waals surface area contributed by atoms with Crippen molar-refractivity contribution in [2.24, 2.45) is 0 Å². The number of nitrogens with one attached hydrogen (secondary N) is 2. The SMILES string of the molecule is CC1(C)NC(=O)N(CCC(=O)Nc2ccc([C@@H]3CCc4nncn4C3)cc2)C1=O. The quantitative estimate of drug-likeness (QED) is 0.747. The van der Waals surface area contributed by atoms with Gasteiger partial charge in [0.25, 0.3) is 5.91 Å². The lowest BCUT2D eigenvalue weighted by Crippen LogP contribution is -2.40. The molecule has 152 valence electrons. The van der Waals surface area contributed by atoms with Crippen LogP contribution in [-0.2, 0) is 22.6 Å². The van der Waals surface area contributed by atoms with Crippen molar-refractivity contribution >= 4 is 23.5 Å². The Kier molecular flexibility index (Phi) is 4.81. The summed E-state index contributed by atoms with van der Waals surface area (Å²) in [7, 11) is 0. The average Bonchev–Trinajstić information content (AvgIpc) is 3.22. The lowest BCUT2D eigenvalue weighted by molar-refractivity contribution is -0.130. The van der Waals surface area contributed by atoms with Crippen molar-refractivity contribution in [3.05, 3.63) is 42.0 Å². The molecular formula is C20H24N6O3. The van der Waals surface area contributed by atoms with Crippen LogP contribution < -0.4 is 10.6 Å². The van der Waals surface area contributed by atoms with E-state index < -0.39 is 11.6 Å². The number of carbonyl (C=O) groups excluding carboxylic acids is 3. The lowest BCUT2D eigenvalue weighted by atomic mass is 9.91. The highest BCUT2D eigenvalue weighted by atomic mass is 16.2. The Hall–Kier alpha value is -3.23. The van der Waals surface area contributed by atoms with Crippen molar-refractivity contribution in [2.75, 3.05) is 11.9 Å². The van der Waals surface area contributed by atoms with Crippen LogP contribution in [-0.4, -0.2) is 49.6 Å². The molecule has 4 rings (SSSR count). The number of carbonyl (C=O) groups is 3. The highest BCUT2D eigenvalue weighted by Crippen LogP contribution is 2.28. The zero-order valence-corrected chi connectivity index (χ0v) is 16.5. The summed E-state index contributed by atoms with van der Waals surface area (Å²) in [5.74, 6) is 0.864. The molecule has 1 aromatic heterocycles. The number of hydrogen-bond donors (Lipinski definition) is 2. The molecule has 0 unspecified atom stereocenters. The fraction of sp³-hybridized carbons (Fsp3) is 0.450. The van der Waals surface area contributed by atoms with Gasteiger partial charge in [-0.2, -0.15) is 0 Å². The fourth-order valence-corrected chi connectivity index (χ4v) is 3.83. The first-order valence-electron chi connectivity index (χ1n) is 9.74. The molecule has 1 aromatic carbocycles. The predicted octanol–water partition coefficient (Wildman–Crippen LogP) is 1.67. The maximum absolute atomic E-state index is 12.2. The maximum atomic E-state index is 12.2. The van der Waals surface area contributed by atoms with Gasteiger partial charge in [-0.3, -0.25) is 14.5 Å². The number of rotatable bonds is 5. The monoisotopic (exact) mass is 396 g/mol. The third-order valence-corrected chi connectivity index (χ3v) is 5.50. The Labute approximate surface area is 168 Å². The Balaban J connectivity index is 1.30. The number of hydrogen-bond acceptors (Lipinski definition) is 5. The molecule has 0 spiro atoms. The lowest BCUT2D eigenvalue weighted by Gasteiger charge is -2.23. The van der Waals surface area contributed by atoms with Gasteiger partial charge in [-0.1, -0.05) is 12.1 Å². The van der Waals surface area contributed by atoms with E-state index in [-0.39, 0.29) is 24.8 Å². The van der Waals surface area contributed by atoms with Gasteiger partial charge in [0.15, 0.2) is 0 Å². The van der Waals surface area contributed by atoms with E-state index in [2.05, 4.69) is 25.4 Å². The number of anilines is 1. The summed E-state index contributed by atoms with van der Waals surface area (Å²) in [5.41, 5.74) is 0.983. The standard InChI is InChI=1S/C20H24N6O3/c1-20(2)18(28)26(19(29)23-20)10-9-17(27)22-15-6-3-13(4-7-15)14-5-8-16-24-21-12-25(16)11-14/h3-4,6-7,12,14H,5,8-11H2,1-2H3,(H,22,27)(H,23,29)/t14-/m1/s1. The van der Waals surface area contributed by atoms with Crippen LogP contribution in [0.3, 0.4) is 0 Å². The van der Waals surface area contributed by atoms with E-state index in [0.717, 1.165) is 30.1 Å². The van der Waals surface area contributed by atoms with E-state index in [4.69, 9.17) is 0 Å². The molecule has 2 aromatic rings. The second kappa shape index (κ2) is 7.31. The van der Waals surface area contributed by atoms with E-state index in [9.17, 15) is 14.4 Å². The van der Waals surface area contributed by atoms with Gasteiger partial charge in [-0.25, -0.2) is 4.79 Å². The van der Waals surface area contributed by atoms with E-state index in [1.165, 1.54) is 5.56 Å². The minimum absolute atomic E-state index is 0.0516. The molecule has 4 amide bonds.